The van der Waals surface area contributed by atoms with Gasteiger partial charge in [-0.05, 0) is 25.1 Å². The molecule has 1 aromatic carbocycles. The van der Waals surface area contributed by atoms with E-state index >= 15 is 0 Å². The Morgan fingerprint density at radius 1 is 1.50 bits per heavy atom. The molecule has 1 aromatic rings. The van der Waals surface area contributed by atoms with E-state index in [4.69, 9.17) is 11.6 Å². The average molecular weight is 331 g/mol. The topological polar surface area (TPSA) is 40.6 Å². The van der Waals surface area contributed by atoms with Crippen molar-refractivity contribution in [3.05, 3.63) is 29.3 Å². The second kappa shape index (κ2) is 7.05. The summed E-state index contributed by atoms with van der Waals surface area (Å²) in [6.45, 7) is 1.89. The summed E-state index contributed by atoms with van der Waals surface area (Å²) in [6, 6.07) is 6.23. The molecule has 0 bridgehead atoms. The normalized spacial score (nSPS) is 18.1. The lowest BCUT2D eigenvalue weighted by Crippen LogP contribution is -2.40. The van der Waals surface area contributed by atoms with Crippen molar-refractivity contribution < 1.29 is 18.4 Å². The van der Waals surface area contributed by atoms with Gasteiger partial charge in [0, 0.05) is 30.2 Å². The number of likely N-dealkylation sites (tertiary alicyclic amines) is 1. The van der Waals surface area contributed by atoms with E-state index in [9.17, 15) is 18.4 Å². The van der Waals surface area contributed by atoms with E-state index in [1.165, 1.54) is 6.07 Å². The Labute approximate surface area is 132 Å². The molecule has 1 fully saturated rings. The Bertz CT molecular complexity index is 568. The summed E-state index contributed by atoms with van der Waals surface area (Å²) in [4.78, 5) is 26.9. The lowest BCUT2D eigenvalue weighted by Gasteiger charge is -2.25. The third-order valence-corrected chi connectivity index (χ3v) is 3.89. The number of nitrogens with zero attached hydrogens (tertiary/aromatic N) is 2. The number of anilines is 1. The first-order valence-electron chi connectivity index (χ1n) is 7.05. The van der Waals surface area contributed by atoms with E-state index in [0.717, 1.165) is 4.90 Å². The van der Waals surface area contributed by atoms with Crippen molar-refractivity contribution in [2.24, 2.45) is 5.92 Å². The van der Waals surface area contributed by atoms with Crippen LogP contribution < -0.4 is 4.90 Å². The van der Waals surface area contributed by atoms with Crippen LogP contribution in [-0.4, -0.2) is 42.8 Å². The smallest absolute Gasteiger partial charge is 0.256 e. The highest BCUT2D eigenvalue weighted by molar-refractivity contribution is 6.30. The minimum absolute atomic E-state index is 0.0625. The number of carbonyl (C=O) groups is 2. The van der Waals surface area contributed by atoms with Crippen LogP contribution in [0.15, 0.2) is 24.3 Å². The summed E-state index contributed by atoms with van der Waals surface area (Å²) >= 11 is 5.87. The molecule has 0 N–H and O–H groups in total. The molecule has 4 nitrogen and oxygen atoms in total. The number of rotatable bonds is 5. The molecule has 0 aromatic heterocycles. The van der Waals surface area contributed by atoms with Crippen LogP contribution in [0.4, 0.5) is 14.5 Å². The molecule has 0 aliphatic carbocycles. The maximum absolute atomic E-state index is 12.8. The quantitative estimate of drug-likeness (QED) is 0.833. The van der Waals surface area contributed by atoms with Crippen molar-refractivity contribution in [2.75, 3.05) is 24.5 Å². The molecule has 2 amide bonds. The first-order chi connectivity index (χ1) is 10.4. The van der Waals surface area contributed by atoms with Crippen LogP contribution in [0, 0.1) is 5.92 Å². The third kappa shape index (κ3) is 3.74. The Balaban J connectivity index is 2.22. The second-order valence-corrected chi connectivity index (χ2v) is 5.59. The molecule has 1 aliphatic heterocycles. The van der Waals surface area contributed by atoms with Gasteiger partial charge in [0.2, 0.25) is 11.8 Å². The van der Waals surface area contributed by atoms with E-state index in [0.29, 0.717) is 17.3 Å². The number of benzene rings is 1. The molecule has 22 heavy (non-hydrogen) atoms. The molecule has 7 heteroatoms. The van der Waals surface area contributed by atoms with Gasteiger partial charge >= 0.3 is 0 Å². The van der Waals surface area contributed by atoms with Crippen LogP contribution in [0.3, 0.4) is 0 Å². The SMILES string of the molecule is CCN1C[C@@H](C(=O)N(CC(F)F)c2cccc(Cl)c2)CC1=O. The van der Waals surface area contributed by atoms with Crippen molar-refractivity contribution in [3.63, 3.8) is 0 Å². The number of carbonyl (C=O) groups excluding carboxylic acids is 2. The van der Waals surface area contributed by atoms with Crippen molar-refractivity contribution >= 4 is 29.1 Å². The fraction of sp³-hybridized carbons (Fsp3) is 0.467. The van der Waals surface area contributed by atoms with Crippen LogP contribution in [0.5, 0.6) is 0 Å². The summed E-state index contributed by atoms with van der Waals surface area (Å²) in [5.74, 6) is -1.18. The predicted octanol–water partition coefficient (Wildman–Crippen LogP) is 2.81. The van der Waals surface area contributed by atoms with Crippen LogP contribution in [0.2, 0.25) is 5.02 Å². The fourth-order valence-electron chi connectivity index (χ4n) is 2.57. The highest BCUT2D eigenvalue weighted by atomic mass is 35.5. The molecule has 1 aliphatic rings. The molecule has 1 atom stereocenters. The summed E-state index contributed by atoms with van der Waals surface area (Å²) in [5.41, 5.74) is 0.320. The number of halogens is 3. The van der Waals surface area contributed by atoms with Crippen LogP contribution >= 0.6 is 11.6 Å². The molecule has 0 saturated carbocycles. The molecule has 1 saturated heterocycles. The molecule has 0 radical (unpaired) electrons. The highest BCUT2D eigenvalue weighted by Gasteiger charge is 2.36. The van der Waals surface area contributed by atoms with Crippen LogP contribution in [-0.2, 0) is 9.59 Å². The maximum Gasteiger partial charge on any atom is 0.256 e. The Kier molecular flexibility index (Phi) is 5.34. The zero-order valence-electron chi connectivity index (χ0n) is 12.1. The highest BCUT2D eigenvalue weighted by Crippen LogP contribution is 2.26. The van der Waals surface area contributed by atoms with E-state index in [-0.39, 0.29) is 18.9 Å². The van der Waals surface area contributed by atoms with Gasteiger partial charge in [-0.3, -0.25) is 9.59 Å². The monoisotopic (exact) mass is 330 g/mol. The van der Waals surface area contributed by atoms with Gasteiger partial charge in [0.25, 0.3) is 6.43 Å². The molecule has 1 heterocycles. The van der Waals surface area contributed by atoms with Crippen molar-refractivity contribution in [1.82, 2.24) is 4.90 Å². The summed E-state index contributed by atoms with van der Waals surface area (Å²) < 4.78 is 25.7. The lowest BCUT2D eigenvalue weighted by atomic mass is 10.1. The molecule has 120 valence electrons. The first-order valence-corrected chi connectivity index (χ1v) is 7.43. The minimum atomic E-state index is -2.66. The maximum atomic E-state index is 12.8. The standard InChI is InChI=1S/C15H17ClF2N2O2/c1-2-19-8-10(6-14(19)21)15(22)20(9-13(17)18)12-5-3-4-11(16)7-12/h3-5,7,10,13H,2,6,8-9H2,1H3/t10-/m0/s1. The van der Waals surface area contributed by atoms with E-state index < -0.39 is 24.8 Å². The number of hydrogen-bond donors (Lipinski definition) is 0. The summed E-state index contributed by atoms with van der Waals surface area (Å²) in [7, 11) is 0. The van der Waals surface area contributed by atoms with Gasteiger partial charge < -0.3 is 9.80 Å². The van der Waals surface area contributed by atoms with Crippen molar-refractivity contribution in [2.45, 2.75) is 19.8 Å². The van der Waals surface area contributed by atoms with Crippen molar-refractivity contribution in [3.8, 4) is 0 Å². The van der Waals surface area contributed by atoms with Gasteiger partial charge in [-0.1, -0.05) is 17.7 Å². The van der Waals surface area contributed by atoms with E-state index in [1.54, 1.807) is 23.1 Å². The molecular formula is C15H17ClF2N2O2. The van der Waals surface area contributed by atoms with Gasteiger partial charge in [-0.2, -0.15) is 0 Å². The van der Waals surface area contributed by atoms with Gasteiger partial charge in [0.15, 0.2) is 0 Å². The van der Waals surface area contributed by atoms with E-state index in [1.807, 2.05) is 6.92 Å². The van der Waals surface area contributed by atoms with Gasteiger partial charge in [0.1, 0.15) is 0 Å². The number of hydrogen-bond acceptors (Lipinski definition) is 2. The van der Waals surface area contributed by atoms with Gasteiger partial charge in [0.05, 0.1) is 12.5 Å². The largest absolute Gasteiger partial charge is 0.342 e. The van der Waals surface area contributed by atoms with Crippen LogP contribution in [0.25, 0.3) is 0 Å². The predicted molar refractivity (Wildman–Crippen MR) is 80.2 cm³/mol. The Morgan fingerprint density at radius 3 is 2.77 bits per heavy atom. The van der Waals surface area contributed by atoms with Crippen molar-refractivity contribution in [1.29, 1.82) is 0 Å². The zero-order chi connectivity index (χ0) is 16.3. The van der Waals surface area contributed by atoms with Crippen LogP contribution in [0.1, 0.15) is 13.3 Å². The first kappa shape index (κ1) is 16.7. The summed E-state index contributed by atoms with van der Waals surface area (Å²) in [6.07, 6.45) is -2.60. The molecule has 0 spiro atoms. The lowest BCUT2D eigenvalue weighted by molar-refractivity contribution is -0.128. The number of alkyl halides is 2. The number of amides is 2. The third-order valence-electron chi connectivity index (χ3n) is 3.65. The Morgan fingerprint density at radius 2 is 2.23 bits per heavy atom. The van der Waals surface area contributed by atoms with E-state index in [2.05, 4.69) is 0 Å². The van der Waals surface area contributed by atoms with Gasteiger partial charge in [-0.25, -0.2) is 8.78 Å². The fourth-order valence-corrected chi connectivity index (χ4v) is 2.75. The average Bonchev–Trinajstić information content (AvgIpc) is 2.85. The molecular weight excluding hydrogens is 314 g/mol. The second-order valence-electron chi connectivity index (χ2n) is 5.15. The Hall–Kier alpha value is -1.69. The molecule has 2 rings (SSSR count). The summed E-state index contributed by atoms with van der Waals surface area (Å²) in [5, 5.41) is 0.363. The van der Waals surface area contributed by atoms with Gasteiger partial charge in [-0.15, -0.1) is 0 Å². The zero-order valence-corrected chi connectivity index (χ0v) is 12.9. The molecule has 0 unspecified atom stereocenters. The minimum Gasteiger partial charge on any atom is -0.342 e.